The average molecular weight is 469 g/mol. The normalized spacial score (nSPS) is 12.7. The van der Waals surface area contributed by atoms with Crippen LogP contribution in [0.3, 0.4) is 0 Å². The van der Waals surface area contributed by atoms with Gasteiger partial charge in [0, 0.05) is 0 Å². The number of carbonyl (C=O) groups excluding carboxylic acids is 2. The number of methoxy groups -OCH3 is 2. The number of rotatable bonds is 8. The third kappa shape index (κ3) is 4.93. The summed E-state index contributed by atoms with van der Waals surface area (Å²) < 4.78 is 62.9. The maximum Gasteiger partial charge on any atom is 0.320 e. The average Bonchev–Trinajstić information content (AvgIpc) is 3.12. The number of ether oxygens (including phenoxy) is 2. The Labute approximate surface area is 179 Å². The first kappa shape index (κ1) is 22.9. The van der Waals surface area contributed by atoms with Crippen molar-refractivity contribution in [3.8, 4) is 11.1 Å². The van der Waals surface area contributed by atoms with E-state index in [9.17, 15) is 26.4 Å². The Morgan fingerprint density at radius 1 is 0.774 bits per heavy atom. The van der Waals surface area contributed by atoms with E-state index < -0.39 is 45.1 Å². The van der Waals surface area contributed by atoms with Crippen LogP contribution in [0.25, 0.3) is 11.1 Å². The van der Waals surface area contributed by atoms with Gasteiger partial charge in [-0.25, -0.2) is 16.8 Å². The number of esters is 2. The summed E-state index contributed by atoms with van der Waals surface area (Å²) >= 11 is 0. The van der Waals surface area contributed by atoms with Crippen molar-refractivity contribution in [3.63, 3.8) is 0 Å². The van der Waals surface area contributed by atoms with Crippen LogP contribution in [0.4, 0.5) is 0 Å². The molecule has 2 aromatic carbocycles. The summed E-state index contributed by atoms with van der Waals surface area (Å²) in [7, 11) is -5.54. The number of benzene rings is 2. The second kappa shape index (κ2) is 8.75. The highest BCUT2D eigenvalue weighted by Crippen LogP contribution is 2.38. The Morgan fingerprint density at radius 3 is 1.52 bits per heavy atom. The Balaban J connectivity index is 1.84. The molecular formula is C19H20N2O8S2. The van der Waals surface area contributed by atoms with Crippen molar-refractivity contribution < 1.29 is 35.9 Å². The Kier molecular flexibility index (Phi) is 6.46. The zero-order valence-corrected chi connectivity index (χ0v) is 18.3. The minimum Gasteiger partial charge on any atom is -0.468 e. The fourth-order valence-corrected chi connectivity index (χ4v) is 5.15. The maximum absolute atomic E-state index is 12.4. The lowest BCUT2D eigenvalue weighted by molar-refractivity contribution is -0.140. The van der Waals surface area contributed by atoms with Gasteiger partial charge in [0.1, 0.15) is 13.1 Å². The molecule has 1 aliphatic carbocycles. The molecule has 2 N–H and O–H groups in total. The first-order valence-electron chi connectivity index (χ1n) is 8.96. The fraction of sp³-hybridized carbons (Fsp3) is 0.263. The largest absolute Gasteiger partial charge is 0.468 e. The Bertz CT molecular complexity index is 1160. The van der Waals surface area contributed by atoms with Gasteiger partial charge in [-0.15, -0.1) is 0 Å². The van der Waals surface area contributed by atoms with E-state index in [1.54, 1.807) is 12.1 Å². The summed E-state index contributed by atoms with van der Waals surface area (Å²) in [4.78, 5) is 22.4. The molecule has 0 saturated carbocycles. The maximum atomic E-state index is 12.4. The topological polar surface area (TPSA) is 145 Å². The fourth-order valence-electron chi connectivity index (χ4n) is 3.12. The molecule has 0 fully saturated rings. The van der Waals surface area contributed by atoms with Gasteiger partial charge in [0.25, 0.3) is 0 Å². The number of nitrogens with one attached hydrogen (secondary N) is 2. The molecule has 0 amide bonds. The molecule has 0 unspecified atom stereocenters. The van der Waals surface area contributed by atoms with Crippen LogP contribution in [0, 0.1) is 0 Å². The van der Waals surface area contributed by atoms with Gasteiger partial charge in [0.15, 0.2) is 0 Å². The molecular weight excluding hydrogens is 448 g/mol. The highest BCUT2D eigenvalue weighted by atomic mass is 32.2. The monoisotopic (exact) mass is 468 g/mol. The lowest BCUT2D eigenvalue weighted by atomic mass is 10.1. The summed E-state index contributed by atoms with van der Waals surface area (Å²) in [6.45, 7) is -0.980. The third-order valence-electron chi connectivity index (χ3n) is 4.71. The van der Waals surface area contributed by atoms with Gasteiger partial charge in [-0.1, -0.05) is 12.1 Å². The molecule has 2 aromatic rings. The van der Waals surface area contributed by atoms with E-state index in [0.29, 0.717) is 17.5 Å². The van der Waals surface area contributed by atoms with Gasteiger partial charge in [-0.3, -0.25) is 9.59 Å². The second-order valence-electron chi connectivity index (χ2n) is 6.62. The van der Waals surface area contributed by atoms with Gasteiger partial charge in [-0.05, 0) is 52.9 Å². The number of carbonyl (C=O) groups is 2. The summed E-state index contributed by atoms with van der Waals surface area (Å²) in [6.07, 6.45) is 0.325. The van der Waals surface area contributed by atoms with Crippen LogP contribution in [-0.2, 0) is 45.5 Å². The van der Waals surface area contributed by atoms with E-state index in [1.165, 1.54) is 24.3 Å². The van der Waals surface area contributed by atoms with Gasteiger partial charge in [-0.2, -0.15) is 9.44 Å². The summed E-state index contributed by atoms with van der Waals surface area (Å²) in [6, 6.07) is 9.07. The van der Waals surface area contributed by atoms with Gasteiger partial charge >= 0.3 is 11.9 Å². The summed E-state index contributed by atoms with van der Waals surface area (Å²) in [5.41, 5.74) is 2.97. The van der Waals surface area contributed by atoms with Crippen LogP contribution in [0.2, 0.25) is 0 Å². The molecule has 0 aromatic heterocycles. The van der Waals surface area contributed by atoms with Crippen molar-refractivity contribution >= 4 is 32.0 Å². The van der Waals surface area contributed by atoms with Crippen molar-refractivity contribution in [1.29, 1.82) is 0 Å². The molecule has 0 radical (unpaired) electrons. The van der Waals surface area contributed by atoms with Crippen LogP contribution in [0.5, 0.6) is 0 Å². The van der Waals surface area contributed by atoms with Gasteiger partial charge in [0.2, 0.25) is 20.0 Å². The van der Waals surface area contributed by atoms with Crippen molar-refractivity contribution in [3.05, 3.63) is 47.5 Å². The Hall–Kier alpha value is -2.80. The lowest BCUT2D eigenvalue weighted by Gasteiger charge is -2.08. The predicted molar refractivity (Wildman–Crippen MR) is 109 cm³/mol. The minimum atomic E-state index is -3.92. The van der Waals surface area contributed by atoms with Crippen LogP contribution in [-0.4, -0.2) is 56.1 Å². The number of sulfonamides is 2. The highest BCUT2D eigenvalue weighted by Gasteiger charge is 2.25. The molecule has 3 rings (SSSR count). The van der Waals surface area contributed by atoms with Crippen molar-refractivity contribution in [2.45, 2.75) is 16.2 Å². The molecule has 0 spiro atoms. The molecule has 0 saturated heterocycles. The van der Waals surface area contributed by atoms with Crippen molar-refractivity contribution in [2.24, 2.45) is 0 Å². The molecule has 1 aliphatic rings. The molecule has 0 bridgehead atoms. The first-order valence-corrected chi connectivity index (χ1v) is 11.9. The molecule has 0 atom stereocenters. The SMILES string of the molecule is COC(=O)CNS(=O)(=O)c1ccc2c(c1)Cc1cc(S(=O)(=O)NCC(=O)OC)ccc1-2. The van der Waals surface area contributed by atoms with Crippen LogP contribution in [0.15, 0.2) is 46.2 Å². The molecule has 0 heterocycles. The molecule has 166 valence electrons. The quantitative estimate of drug-likeness (QED) is 0.445. The minimum absolute atomic E-state index is 0.0180. The molecule has 10 nitrogen and oxygen atoms in total. The smallest absolute Gasteiger partial charge is 0.320 e. The van der Waals surface area contributed by atoms with Gasteiger partial charge < -0.3 is 9.47 Å². The second-order valence-corrected chi connectivity index (χ2v) is 10.1. The predicted octanol–water partition coefficient (Wildman–Crippen LogP) is 0.160. The third-order valence-corrected chi connectivity index (χ3v) is 7.51. The van der Waals surface area contributed by atoms with E-state index in [2.05, 4.69) is 18.9 Å². The molecule has 12 heteroatoms. The lowest BCUT2D eigenvalue weighted by Crippen LogP contribution is -2.30. The standard InChI is InChI=1S/C19H20N2O8S2/c1-28-18(22)10-20-30(24,25)14-3-5-16-12(8-14)7-13-9-15(4-6-17(13)16)31(26,27)21-11-19(23)29-2/h3-6,8-9,20-21H,7,10-11H2,1-2H3. The summed E-state index contributed by atoms with van der Waals surface area (Å²) in [5.74, 6) is -1.43. The van der Waals surface area contributed by atoms with Crippen LogP contribution in [0.1, 0.15) is 11.1 Å². The molecule has 31 heavy (non-hydrogen) atoms. The highest BCUT2D eigenvalue weighted by molar-refractivity contribution is 7.89. The number of fused-ring (bicyclic) bond motifs is 3. The van der Waals surface area contributed by atoms with E-state index >= 15 is 0 Å². The van der Waals surface area contributed by atoms with E-state index in [0.717, 1.165) is 25.3 Å². The van der Waals surface area contributed by atoms with Crippen molar-refractivity contribution in [1.82, 2.24) is 9.44 Å². The number of hydrogen-bond acceptors (Lipinski definition) is 8. The first-order chi connectivity index (χ1) is 14.6. The van der Waals surface area contributed by atoms with Crippen molar-refractivity contribution in [2.75, 3.05) is 27.3 Å². The zero-order chi connectivity index (χ0) is 22.8. The van der Waals surface area contributed by atoms with E-state index in [-0.39, 0.29) is 9.79 Å². The summed E-state index contributed by atoms with van der Waals surface area (Å²) in [5, 5.41) is 0. The van der Waals surface area contributed by atoms with Crippen LogP contribution < -0.4 is 9.44 Å². The molecule has 0 aliphatic heterocycles. The van der Waals surface area contributed by atoms with E-state index in [4.69, 9.17) is 0 Å². The zero-order valence-electron chi connectivity index (χ0n) is 16.7. The van der Waals surface area contributed by atoms with Crippen LogP contribution >= 0.6 is 0 Å². The number of hydrogen-bond donors (Lipinski definition) is 2. The van der Waals surface area contributed by atoms with E-state index in [1.807, 2.05) is 0 Å². The Morgan fingerprint density at radius 2 is 1.16 bits per heavy atom. The van der Waals surface area contributed by atoms with Gasteiger partial charge in [0.05, 0.1) is 24.0 Å².